The van der Waals surface area contributed by atoms with Gasteiger partial charge in [0.25, 0.3) is 0 Å². The number of aliphatic hydroxyl groups excluding tert-OH is 1. The lowest BCUT2D eigenvalue weighted by molar-refractivity contribution is -0.126. The third kappa shape index (κ3) is 5.17. The zero-order valence-electron chi connectivity index (χ0n) is 15.3. The lowest BCUT2D eigenvalue weighted by Crippen LogP contribution is -2.48. The molecule has 1 aromatic carbocycles. The first kappa shape index (κ1) is 20.6. The van der Waals surface area contributed by atoms with Gasteiger partial charge in [0.1, 0.15) is 17.5 Å². The van der Waals surface area contributed by atoms with E-state index in [9.17, 15) is 19.1 Å². The molecule has 26 heavy (non-hydrogen) atoms. The number of nitrogens with zero attached hydrogens (tertiary/aromatic N) is 1. The van der Waals surface area contributed by atoms with Crippen molar-refractivity contribution in [2.24, 2.45) is 0 Å². The molecule has 0 saturated carbocycles. The second kappa shape index (κ2) is 7.92. The molecule has 1 aliphatic heterocycles. The molecule has 2 amide bonds. The van der Waals surface area contributed by atoms with Crippen LogP contribution in [0.3, 0.4) is 0 Å². The average molecular weight is 431 g/mol. The molecule has 1 aromatic rings. The van der Waals surface area contributed by atoms with Crippen LogP contribution in [0.2, 0.25) is 0 Å². The SMILES string of the molecule is C[C@H](NC(=O)[C@@H]1C[C@@H](O)CN1C(=O)OC(C)(C)C)c1ccc(Br)cc1F. The fourth-order valence-corrected chi connectivity index (χ4v) is 3.16. The van der Waals surface area contributed by atoms with Crippen molar-refractivity contribution in [1.82, 2.24) is 10.2 Å². The van der Waals surface area contributed by atoms with Crippen LogP contribution in [0.25, 0.3) is 0 Å². The van der Waals surface area contributed by atoms with E-state index in [4.69, 9.17) is 4.74 Å². The number of rotatable bonds is 3. The van der Waals surface area contributed by atoms with Crippen molar-refractivity contribution in [2.75, 3.05) is 6.54 Å². The van der Waals surface area contributed by atoms with Crippen LogP contribution in [-0.2, 0) is 9.53 Å². The summed E-state index contributed by atoms with van der Waals surface area (Å²) < 4.78 is 20.0. The Labute approximate surface area is 160 Å². The van der Waals surface area contributed by atoms with E-state index in [-0.39, 0.29) is 13.0 Å². The van der Waals surface area contributed by atoms with Crippen molar-refractivity contribution in [3.8, 4) is 0 Å². The smallest absolute Gasteiger partial charge is 0.411 e. The quantitative estimate of drug-likeness (QED) is 0.771. The fraction of sp³-hybridized carbons (Fsp3) is 0.556. The number of amides is 2. The highest BCUT2D eigenvalue weighted by molar-refractivity contribution is 9.10. The summed E-state index contributed by atoms with van der Waals surface area (Å²) in [6, 6.07) is 3.15. The Morgan fingerprint density at radius 3 is 2.65 bits per heavy atom. The number of hydrogen-bond acceptors (Lipinski definition) is 4. The highest BCUT2D eigenvalue weighted by Crippen LogP contribution is 2.24. The van der Waals surface area contributed by atoms with Gasteiger partial charge in [0.15, 0.2) is 0 Å². The van der Waals surface area contributed by atoms with Gasteiger partial charge in [-0.1, -0.05) is 22.0 Å². The van der Waals surface area contributed by atoms with E-state index in [0.29, 0.717) is 10.0 Å². The second-order valence-corrected chi connectivity index (χ2v) is 8.35. The van der Waals surface area contributed by atoms with E-state index in [1.807, 2.05) is 0 Å². The number of benzene rings is 1. The van der Waals surface area contributed by atoms with Crippen LogP contribution < -0.4 is 5.32 Å². The highest BCUT2D eigenvalue weighted by Gasteiger charge is 2.41. The molecule has 0 bridgehead atoms. The average Bonchev–Trinajstić information content (AvgIpc) is 2.87. The fourth-order valence-electron chi connectivity index (χ4n) is 2.82. The molecule has 0 unspecified atom stereocenters. The number of halogens is 2. The molecule has 3 atom stereocenters. The largest absolute Gasteiger partial charge is 0.444 e. The van der Waals surface area contributed by atoms with E-state index in [2.05, 4.69) is 21.2 Å². The van der Waals surface area contributed by atoms with Gasteiger partial charge in [-0.2, -0.15) is 0 Å². The molecule has 1 aliphatic rings. The molecule has 0 aliphatic carbocycles. The van der Waals surface area contributed by atoms with Gasteiger partial charge in [0.05, 0.1) is 18.7 Å². The van der Waals surface area contributed by atoms with Gasteiger partial charge in [-0.3, -0.25) is 9.69 Å². The molecule has 0 spiro atoms. The number of carbonyl (C=O) groups is 2. The number of likely N-dealkylation sites (tertiary alicyclic amines) is 1. The van der Waals surface area contributed by atoms with Crippen LogP contribution in [0.15, 0.2) is 22.7 Å². The summed E-state index contributed by atoms with van der Waals surface area (Å²) in [5, 5.41) is 12.6. The molecule has 0 aromatic heterocycles. The molecule has 1 heterocycles. The van der Waals surface area contributed by atoms with Crippen molar-refractivity contribution < 1.29 is 23.8 Å². The van der Waals surface area contributed by atoms with E-state index in [0.717, 1.165) is 0 Å². The Bertz CT molecular complexity index is 692. The number of aliphatic hydroxyl groups is 1. The Morgan fingerprint density at radius 1 is 1.42 bits per heavy atom. The maximum absolute atomic E-state index is 14.1. The van der Waals surface area contributed by atoms with Gasteiger partial charge >= 0.3 is 6.09 Å². The topological polar surface area (TPSA) is 78.9 Å². The third-order valence-corrected chi connectivity index (χ3v) is 4.49. The maximum Gasteiger partial charge on any atom is 0.411 e. The zero-order chi connectivity index (χ0) is 19.6. The van der Waals surface area contributed by atoms with Crippen LogP contribution in [0, 0.1) is 5.82 Å². The Morgan fingerprint density at radius 2 is 2.08 bits per heavy atom. The molecular formula is C18H24BrFN2O4. The molecule has 2 N–H and O–H groups in total. The monoisotopic (exact) mass is 430 g/mol. The van der Waals surface area contributed by atoms with Gasteiger partial charge in [-0.05, 0) is 39.8 Å². The number of nitrogens with one attached hydrogen (secondary N) is 1. The first-order chi connectivity index (χ1) is 12.0. The van der Waals surface area contributed by atoms with Gasteiger partial charge in [0, 0.05) is 16.5 Å². The predicted octanol–water partition coefficient (Wildman–Crippen LogP) is 3.14. The van der Waals surface area contributed by atoms with Gasteiger partial charge in [-0.25, -0.2) is 9.18 Å². The minimum Gasteiger partial charge on any atom is -0.444 e. The van der Waals surface area contributed by atoms with Crippen LogP contribution in [-0.4, -0.2) is 46.3 Å². The summed E-state index contributed by atoms with van der Waals surface area (Å²) in [5.41, 5.74) is -0.372. The summed E-state index contributed by atoms with van der Waals surface area (Å²) in [6.45, 7) is 6.86. The molecule has 8 heteroatoms. The van der Waals surface area contributed by atoms with Crippen molar-refractivity contribution in [1.29, 1.82) is 0 Å². The second-order valence-electron chi connectivity index (χ2n) is 7.43. The van der Waals surface area contributed by atoms with E-state index in [1.54, 1.807) is 39.8 Å². The van der Waals surface area contributed by atoms with Crippen molar-refractivity contribution >= 4 is 27.9 Å². The van der Waals surface area contributed by atoms with E-state index < -0.39 is 41.6 Å². The van der Waals surface area contributed by atoms with E-state index >= 15 is 0 Å². The molecule has 2 rings (SSSR count). The Balaban J connectivity index is 2.09. The Kier molecular flexibility index (Phi) is 6.29. The van der Waals surface area contributed by atoms with Gasteiger partial charge in [0.2, 0.25) is 5.91 Å². The summed E-state index contributed by atoms with van der Waals surface area (Å²) in [4.78, 5) is 26.2. The van der Waals surface area contributed by atoms with Crippen molar-refractivity contribution in [3.05, 3.63) is 34.1 Å². The third-order valence-electron chi connectivity index (χ3n) is 4.00. The summed E-state index contributed by atoms with van der Waals surface area (Å²) >= 11 is 3.19. The number of ether oxygens (including phenoxy) is 1. The van der Waals surface area contributed by atoms with Gasteiger partial charge in [-0.15, -0.1) is 0 Å². The predicted molar refractivity (Wildman–Crippen MR) is 98.0 cm³/mol. The number of hydrogen-bond donors (Lipinski definition) is 2. The summed E-state index contributed by atoms with van der Waals surface area (Å²) in [5.74, 6) is -0.898. The first-order valence-electron chi connectivity index (χ1n) is 8.41. The van der Waals surface area contributed by atoms with Crippen molar-refractivity contribution in [2.45, 2.75) is 57.9 Å². The Hall–Kier alpha value is -1.67. The van der Waals surface area contributed by atoms with Crippen LogP contribution in [0.4, 0.5) is 9.18 Å². The molecule has 144 valence electrons. The molecule has 1 fully saturated rings. The lowest BCUT2D eigenvalue weighted by atomic mass is 10.1. The molecule has 0 radical (unpaired) electrons. The number of β-amino-alcohol motifs (C(OH)–C–C–N with tert-alkyl or cyclic N) is 1. The maximum atomic E-state index is 14.1. The van der Waals surface area contributed by atoms with Crippen LogP contribution in [0.5, 0.6) is 0 Å². The summed E-state index contributed by atoms with van der Waals surface area (Å²) in [7, 11) is 0. The minimum atomic E-state index is -0.860. The summed E-state index contributed by atoms with van der Waals surface area (Å²) in [6.07, 6.45) is -1.35. The normalized spacial score (nSPS) is 21.4. The van der Waals surface area contributed by atoms with Crippen LogP contribution in [0.1, 0.15) is 45.7 Å². The van der Waals surface area contributed by atoms with E-state index in [1.165, 1.54) is 11.0 Å². The first-order valence-corrected chi connectivity index (χ1v) is 9.20. The number of carbonyl (C=O) groups excluding carboxylic acids is 2. The molecular weight excluding hydrogens is 407 g/mol. The zero-order valence-corrected chi connectivity index (χ0v) is 16.8. The molecule has 1 saturated heterocycles. The minimum absolute atomic E-state index is 0.0219. The van der Waals surface area contributed by atoms with Gasteiger partial charge < -0.3 is 15.2 Å². The molecule has 6 nitrogen and oxygen atoms in total. The van der Waals surface area contributed by atoms with Crippen molar-refractivity contribution in [3.63, 3.8) is 0 Å². The van der Waals surface area contributed by atoms with Crippen LogP contribution >= 0.6 is 15.9 Å². The standard InChI is InChI=1S/C18H24BrFN2O4/c1-10(13-6-5-11(19)7-14(13)20)21-16(24)15-8-12(23)9-22(15)17(25)26-18(2,3)4/h5-7,10,12,15,23H,8-9H2,1-4H3,(H,21,24)/t10-,12+,15-/m0/s1. The lowest BCUT2D eigenvalue weighted by Gasteiger charge is -2.28. The highest BCUT2D eigenvalue weighted by atomic mass is 79.9.